The van der Waals surface area contributed by atoms with Crippen molar-refractivity contribution in [3.05, 3.63) is 34.9 Å². The number of hydrogen-bond donors (Lipinski definition) is 2. The number of ketones is 1. The maximum Gasteiger partial charge on any atom is 0.176 e. The number of halogens is 1. The molecule has 3 nitrogen and oxygen atoms in total. The van der Waals surface area contributed by atoms with E-state index in [0.29, 0.717) is 10.6 Å². The molecule has 0 atom stereocenters. The number of rotatable bonds is 4. The first-order chi connectivity index (χ1) is 6.24. The molecule has 0 heterocycles. The number of carbonyl (C=O) groups is 1. The predicted molar refractivity (Wildman–Crippen MR) is 50.9 cm³/mol. The van der Waals surface area contributed by atoms with Crippen LogP contribution in [0.15, 0.2) is 24.3 Å². The second kappa shape index (κ2) is 4.97. The van der Waals surface area contributed by atoms with E-state index in [4.69, 9.17) is 16.7 Å². The van der Waals surface area contributed by atoms with Crippen LogP contribution in [0.25, 0.3) is 0 Å². The standard InChI is InChI=1S/C9H10ClNO2/c10-8-3-1-7(2-4-8)9(13)5-11-6-12/h1-4,11-12H,5-6H2. The summed E-state index contributed by atoms with van der Waals surface area (Å²) in [7, 11) is 0. The summed E-state index contributed by atoms with van der Waals surface area (Å²) in [5, 5.41) is 11.6. The van der Waals surface area contributed by atoms with Gasteiger partial charge in [0.1, 0.15) is 0 Å². The van der Waals surface area contributed by atoms with Crippen LogP contribution in [0.5, 0.6) is 0 Å². The Morgan fingerprint density at radius 2 is 2.00 bits per heavy atom. The van der Waals surface area contributed by atoms with Crippen LogP contribution in [0.3, 0.4) is 0 Å². The Morgan fingerprint density at radius 3 is 2.54 bits per heavy atom. The highest BCUT2D eigenvalue weighted by atomic mass is 35.5. The Bertz CT molecular complexity index is 284. The Balaban J connectivity index is 2.61. The molecule has 0 spiro atoms. The topological polar surface area (TPSA) is 49.3 Å². The molecule has 0 amide bonds. The quantitative estimate of drug-likeness (QED) is 0.563. The van der Waals surface area contributed by atoms with E-state index in [2.05, 4.69) is 5.32 Å². The van der Waals surface area contributed by atoms with Gasteiger partial charge in [0, 0.05) is 10.6 Å². The molecule has 0 fully saturated rings. The van der Waals surface area contributed by atoms with Crippen molar-refractivity contribution < 1.29 is 9.90 Å². The van der Waals surface area contributed by atoms with E-state index in [-0.39, 0.29) is 19.1 Å². The first-order valence-electron chi connectivity index (χ1n) is 3.84. The zero-order valence-electron chi connectivity index (χ0n) is 6.96. The SMILES string of the molecule is O=C(CNCO)c1ccc(Cl)cc1. The first-order valence-corrected chi connectivity index (χ1v) is 4.22. The van der Waals surface area contributed by atoms with Crippen molar-refractivity contribution in [1.82, 2.24) is 5.32 Å². The molecule has 1 aromatic carbocycles. The molecule has 0 bridgehead atoms. The molecule has 0 aliphatic rings. The highest BCUT2D eigenvalue weighted by molar-refractivity contribution is 6.30. The van der Waals surface area contributed by atoms with E-state index in [1.807, 2.05) is 0 Å². The predicted octanol–water partition coefficient (Wildman–Crippen LogP) is 1.06. The normalized spacial score (nSPS) is 10.0. The molecule has 0 aliphatic heterocycles. The van der Waals surface area contributed by atoms with Crippen molar-refractivity contribution in [2.75, 3.05) is 13.3 Å². The summed E-state index contributed by atoms with van der Waals surface area (Å²) in [4.78, 5) is 11.3. The van der Waals surface area contributed by atoms with Gasteiger partial charge in [-0.25, -0.2) is 0 Å². The summed E-state index contributed by atoms with van der Waals surface area (Å²) in [6.45, 7) is -0.0581. The highest BCUT2D eigenvalue weighted by Crippen LogP contribution is 2.09. The minimum absolute atomic E-state index is 0.0642. The van der Waals surface area contributed by atoms with Crippen molar-refractivity contribution in [2.45, 2.75) is 0 Å². The molecule has 0 radical (unpaired) electrons. The zero-order valence-corrected chi connectivity index (χ0v) is 7.71. The molecule has 70 valence electrons. The fourth-order valence-electron chi connectivity index (χ4n) is 0.907. The fraction of sp³-hybridized carbons (Fsp3) is 0.222. The third kappa shape index (κ3) is 3.14. The van der Waals surface area contributed by atoms with Gasteiger partial charge >= 0.3 is 0 Å². The lowest BCUT2D eigenvalue weighted by atomic mass is 10.1. The lowest BCUT2D eigenvalue weighted by Crippen LogP contribution is -2.23. The van der Waals surface area contributed by atoms with Gasteiger partial charge in [-0.2, -0.15) is 0 Å². The smallest absolute Gasteiger partial charge is 0.176 e. The van der Waals surface area contributed by atoms with E-state index in [9.17, 15) is 4.79 Å². The molecule has 1 rings (SSSR count). The van der Waals surface area contributed by atoms with Gasteiger partial charge in [-0.15, -0.1) is 0 Å². The summed E-state index contributed by atoms with van der Waals surface area (Å²) >= 11 is 5.65. The van der Waals surface area contributed by atoms with E-state index in [0.717, 1.165) is 0 Å². The minimum Gasteiger partial charge on any atom is -0.381 e. The van der Waals surface area contributed by atoms with Crippen molar-refractivity contribution in [1.29, 1.82) is 0 Å². The maximum atomic E-state index is 11.3. The third-order valence-electron chi connectivity index (χ3n) is 1.56. The largest absolute Gasteiger partial charge is 0.381 e. The summed E-state index contributed by atoms with van der Waals surface area (Å²) < 4.78 is 0. The van der Waals surface area contributed by atoms with E-state index >= 15 is 0 Å². The van der Waals surface area contributed by atoms with E-state index in [1.165, 1.54) is 0 Å². The second-order valence-electron chi connectivity index (χ2n) is 2.51. The van der Waals surface area contributed by atoms with Gasteiger partial charge in [-0.05, 0) is 24.3 Å². The number of benzene rings is 1. The van der Waals surface area contributed by atoms with Gasteiger partial charge in [0.15, 0.2) is 5.78 Å². The highest BCUT2D eigenvalue weighted by Gasteiger charge is 2.03. The molecule has 4 heteroatoms. The minimum atomic E-state index is -0.195. The number of hydrogen-bond acceptors (Lipinski definition) is 3. The van der Waals surface area contributed by atoms with Gasteiger partial charge in [0.2, 0.25) is 0 Å². The van der Waals surface area contributed by atoms with Gasteiger partial charge < -0.3 is 5.11 Å². The number of aliphatic hydroxyl groups is 1. The van der Waals surface area contributed by atoms with Crippen LogP contribution in [0.2, 0.25) is 5.02 Å². The molecule has 0 saturated heterocycles. The second-order valence-corrected chi connectivity index (χ2v) is 2.95. The van der Waals surface area contributed by atoms with E-state index < -0.39 is 0 Å². The van der Waals surface area contributed by atoms with Gasteiger partial charge in [-0.1, -0.05) is 11.6 Å². The molecule has 1 aromatic rings. The van der Waals surface area contributed by atoms with Crippen LogP contribution in [0.4, 0.5) is 0 Å². The number of Topliss-reactive ketones (excluding diaryl/α,β-unsaturated/α-hetero) is 1. The Kier molecular flexibility index (Phi) is 3.89. The molecule has 0 unspecified atom stereocenters. The summed E-state index contributed by atoms with van der Waals surface area (Å²) in [6.07, 6.45) is 0. The molecule has 0 aliphatic carbocycles. The number of nitrogens with one attached hydrogen (secondary N) is 1. The van der Waals surface area contributed by atoms with Crippen LogP contribution in [-0.4, -0.2) is 24.2 Å². The maximum absolute atomic E-state index is 11.3. The third-order valence-corrected chi connectivity index (χ3v) is 1.82. The van der Waals surface area contributed by atoms with Crippen molar-refractivity contribution in [3.63, 3.8) is 0 Å². The lowest BCUT2D eigenvalue weighted by molar-refractivity contribution is 0.0979. The molecule has 13 heavy (non-hydrogen) atoms. The lowest BCUT2D eigenvalue weighted by Gasteiger charge is -2.00. The average molecular weight is 200 g/mol. The van der Waals surface area contributed by atoms with Gasteiger partial charge in [0.05, 0.1) is 13.3 Å². The zero-order chi connectivity index (χ0) is 9.68. The number of aliphatic hydroxyl groups excluding tert-OH is 1. The van der Waals surface area contributed by atoms with Crippen molar-refractivity contribution in [3.8, 4) is 0 Å². The molecular formula is C9H10ClNO2. The van der Waals surface area contributed by atoms with Crippen LogP contribution >= 0.6 is 11.6 Å². The monoisotopic (exact) mass is 199 g/mol. The van der Waals surface area contributed by atoms with Gasteiger partial charge in [0.25, 0.3) is 0 Å². The van der Waals surface area contributed by atoms with E-state index in [1.54, 1.807) is 24.3 Å². The van der Waals surface area contributed by atoms with Crippen molar-refractivity contribution in [2.24, 2.45) is 0 Å². The Hall–Kier alpha value is -0.900. The van der Waals surface area contributed by atoms with Crippen LogP contribution in [-0.2, 0) is 0 Å². The summed E-state index contributed by atoms with van der Waals surface area (Å²) in [5.74, 6) is -0.0642. The average Bonchev–Trinajstić information content (AvgIpc) is 2.15. The summed E-state index contributed by atoms with van der Waals surface area (Å²) in [5.41, 5.74) is 0.588. The Morgan fingerprint density at radius 1 is 1.38 bits per heavy atom. The molecule has 0 aromatic heterocycles. The molecule has 2 N–H and O–H groups in total. The molecule has 0 saturated carbocycles. The summed E-state index contributed by atoms with van der Waals surface area (Å²) in [6, 6.07) is 6.63. The fourth-order valence-corrected chi connectivity index (χ4v) is 1.03. The van der Waals surface area contributed by atoms with Crippen LogP contribution < -0.4 is 5.32 Å². The number of carbonyl (C=O) groups excluding carboxylic acids is 1. The first kappa shape index (κ1) is 10.2. The van der Waals surface area contributed by atoms with Crippen molar-refractivity contribution >= 4 is 17.4 Å². The van der Waals surface area contributed by atoms with Crippen LogP contribution in [0, 0.1) is 0 Å². The van der Waals surface area contributed by atoms with Gasteiger partial charge in [-0.3, -0.25) is 10.1 Å². The Labute approximate surface area is 81.3 Å². The molecular weight excluding hydrogens is 190 g/mol. The van der Waals surface area contributed by atoms with Crippen LogP contribution in [0.1, 0.15) is 10.4 Å².